The summed E-state index contributed by atoms with van der Waals surface area (Å²) in [5.74, 6) is -2.79. The quantitative estimate of drug-likeness (QED) is 0.240. The van der Waals surface area contributed by atoms with Crippen molar-refractivity contribution in [1.82, 2.24) is 10.6 Å². The molecule has 0 bridgehead atoms. The van der Waals surface area contributed by atoms with Gasteiger partial charge < -0.3 is 35.8 Å². The Bertz CT molecular complexity index is 580. The lowest BCUT2D eigenvalue weighted by Crippen LogP contribution is -2.60. The molecule has 0 aromatic rings. The Morgan fingerprint density at radius 2 is 1.86 bits per heavy atom. The number of aliphatic carboxylic acids is 1. The van der Waals surface area contributed by atoms with Gasteiger partial charge in [-0.1, -0.05) is 26.7 Å². The number of ether oxygens (including phenoxy) is 1. The molecule has 5 atom stereocenters. The Labute approximate surface area is 163 Å². The minimum absolute atomic E-state index is 0.184. The van der Waals surface area contributed by atoms with Gasteiger partial charge in [-0.2, -0.15) is 0 Å². The van der Waals surface area contributed by atoms with Crippen molar-refractivity contribution in [2.75, 3.05) is 6.54 Å². The predicted octanol–water partition coefficient (Wildman–Crippen LogP) is -0.972. The molecule has 0 unspecified atom stereocenters. The molecule has 1 aliphatic rings. The number of nitrogens with one attached hydrogen (secondary N) is 2. The van der Waals surface area contributed by atoms with Crippen molar-refractivity contribution < 1.29 is 39.5 Å². The molecule has 0 aromatic carbocycles. The standard InChI is InChI=1S/C18H30N2O8/c1-3-5-6-7-14(24)20-15-10(21)8-12(18(26)27)28-17(15)16(25)11(22)9-19-13(23)4-2/h8,10-11,15-17,21-22,25H,3-7,9H2,1-2H3,(H,19,23)(H,20,24)(H,26,27)/t10-,11+,15+,16+,17+/m0/s1. The van der Waals surface area contributed by atoms with Crippen LogP contribution in [-0.4, -0.2) is 75.2 Å². The van der Waals surface area contributed by atoms with E-state index in [1.54, 1.807) is 6.92 Å². The maximum Gasteiger partial charge on any atom is 0.370 e. The van der Waals surface area contributed by atoms with E-state index in [1.165, 1.54) is 0 Å². The summed E-state index contributed by atoms with van der Waals surface area (Å²) in [6.45, 7) is 3.31. The summed E-state index contributed by atoms with van der Waals surface area (Å²) in [6, 6.07) is -1.16. The summed E-state index contributed by atoms with van der Waals surface area (Å²) in [7, 11) is 0. The van der Waals surface area contributed by atoms with E-state index in [2.05, 4.69) is 10.6 Å². The second-order valence-electron chi connectivity index (χ2n) is 6.68. The number of carbonyl (C=O) groups is 3. The summed E-state index contributed by atoms with van der Waals surface area (Å²) < 4.78 is 5.24. The molecule has 0 saturated carbocycles. The number of amides is 2. The molecule has 0 spiro atoms. The number of hydrogen-bond donors (Lipinski definition) is 6. The van der Waals surface area contributed by atoms with Crippen LogP contribution in [0.5, 0.6) is 0 Å². The average molecular weight is 402 g/mol. The second-order valence-corrected chi connectivity index (χ2v) is 6.68. The van der Waals surface area contributed by atoms with E-state index in [0.717, 1.165) is 18.9 Å². The van der Waals surface area contributed by atoms with Crippen molar-refractivity contribution in [2.24, 2.45) is 0 Å². The van der Waals surface area contributed by atoms with Crippen LogP contribution in [-0.2, 0) is 19.1 Å². The van der Waals surface area contributed by atoms with Crippen LogP contribution < -0.4 is 10.6 Å². The maximum absolute atomic E-state index is 12.1. The Morgan fingerprint density at radius 1 is 1.18 bits per heavy atom. The minimum Gasteiger partial charge on any atom is -0.478 e. The van der Waals surface area contributed by atoms with E-state index in [1.807, 2.05) is 6.92 Å². The molecule has 6 N–H and O–H groups in total. The Balaban J connectivity index is 2.90. The minimum atomic E-state index is -1.67. The molecule has 0 aromatic heterocycles. The van der Waals surface area contributed by atoms with E-state index < -0.39 is 42.2 Å². The lowest BCUT2D eigenvalue weighted by molar-refractivity contribution is -0.148. The van der Waals surface area contributed by atoms with E-state index in [4.69, 9.17) is 9.84 Å². The number of unbranched alkanes of at least 4 members (excludes halogenated alkanes) is 2. The first-order valence-corrected chi connectivity index (χ1v) is 9.43. The van der Waals surface area contributed by atoms with E-state index in [9.17, 15) is 29.7 Å². The smallest absolute Gasteiger partial charge is 0.370 e. The highest BCUT2D eigenvalue weighted by molar-refractivity contribution is 5.84. The fourth-order valence-corrected chi connectivity index (χ4v) is 2.76. The molecule has 160 valence electrons. The Kier molecular flexibility index (Phi) is 9.91. The highest BCUT2D eigenvalue weighted by atomic mass is 16.5. The molecule has 0 saturated heterocycles. The third kappa shape index (κ3) is 7.10. The number of carbonyl (C=O) groups excluding carboxylic acids is 2. The molecule has 0 radical (unpaired) electrons. The molecule has 2 amide bonds. The summed E-state index contributed by atoms with van der Waals surface area (Å²) in [4.78, 5) is 34.6. The summed E-state index contributed by atoms with van der Waals surface area (Å²) in [6.07, 6.45) is -2.31. The zero-order valence-electron chi connectivity index (χ0n) is 16.1. The number of carboxylic acids is 1. The zero-order valence-corrected chi connectivity index (χ0v) is 16.1. The van der Waals surface area contributed by atoms with Gasteiger partial charge in [-0.3, -0.25) is 9.59 Å². The normalized spacial score (nSPS) is 23.8. The first kappa shape index (κ1) is 23.9. The Morgan fingerprint density at radius 3 is 2.43 bits per heavy atom. The van der Waals surface area contributed by atoms with Crippen LogP contribution in [0.1, 0.15) is 46.0 Å². The van der Waals surface area contributed by atoms with Gasteiger partial charge in [0.1, 0.15) is 18.3 Å². The molecule has 10 nitrogen and oxygen atoms in total. The van der Waals surface area contributed by atoms with Crippen molar-refractivity contribution in [3.05, 3.63) is 11.8 Å². The maximum atomic E-state index is 12.1. The van der Waals surface area contributed by atoms with Crippen molar-refractivity contribution in [1.29, 1.82) is 0 Å². The molecule has 1 rings (SSSR count). The molecule has 28 heavy (non-hydrogen) atoms. The molecule has 0 aliphatic carbocycles. The molecule has 1 aliphatic heterocycles. The van der Waals surface area contributed by atoms with Crippen LogP contribution >= 0.6 is 0 Å². The highest BCUT2D eigenvalue weighted by Crippen LogP contribution is 2.23. The third-order valence-electron chi connectivity index (χ3n) is 4.41. The second kappa shape index (κ2) is 11.6. The van der Waals surface area contributed by atoms with Crippen molar-refractivity contribution in [3.8, 4) is 0 Å². The van der Waals surface area contributed by atoms with Gasteiger partial charge in [0.05, 0.1) is 6.04 Å². The van der Waals surface area contributed by atoms with Gasteiger partial charge in [0.2, 0.25) is 17.6 Å². The van der Waals surface area contributed by atoms with Gasteiger partial charge >= 0.3 is 5.97 Å². The van der Waals surface area contributed by atoms with Crippen LogP contribution in [0.3, 0.4) is 0 Å². The van der Waals surface area contributed by atoms with E-state index in [-0.39, 0.29) is 31.2 Å². The van der Waals surface area contributed by atoms with Crippen molar-refractivity contribution in [3.63, 3.8) is 0 Å². The Hall–Kier alpha value is -2.17. The predicted molar refractivity (Wildman–Crippen MR) is 98.0 cm³/mol. The van der Waals surface area contributed by atoms with Gasteiger partial charge in [-0.15, -0.1) is 0 Å². The molecule has 0 fully saturated rings. The average Bonchev–Trinajstić information content (AvgIpc) is 2.66. The molecule has 10 heteroatoms. The van der Waals surface area contributed by atoms with Crippen LogP contribution in [0.4, 0.5) is 0 Å². The van der Waals surface area contributed by atoms with E-state index in [0.29, 0.717) is 6.42 Å². The van der Waals surface area contributed by atoms with Crippen LogP contribution in [0.15, 0.2) is 11.8 Å². The van der Waals surface area contributed by atoms with Crippen LogP contribution in [0, 0.1) is 0 Å². The third-order valence-corrected chi connectivity index (χ3v) is 4.41. The lowest BCUT2D eigenvalue weighted by atomic mass is 9.93. The summed E-state index contributed by atoms with van der Waals surface area (Å²) >= 11 is 0. The number of aliphatic hydroxyl groups excluding tert-OH is 3. The van der Waals surface area contributed by atoms with Crippen molar-refractivity contribution >= 4 is 17.8 Å². The SMILES string of the molecule is CCCCCC(=O)N[C@H]1[C@H]([C@H](O)[C@H](O)CNC(=O)CC)OC(C(=O)O)=C[C@@H]1O. The molecular weight excluding hydrogens is 372 g/mol. The number of rotatable bonds is 11. The highest BCUT2D eigenvalue weighted by Gasteiger charge is 2.43. The van der Waals surface area contributed by atoms with Gasteiger partial charge in [0.15, 0.2) is 6.10 Å². The molecule has 1 heterocycles. The lowest BCUT2D eigenvalue weighted by Gasteiger charge is -2.38. The largest absolute Gasteiger partial charge is 0.478 e. The number of aliphatic hydroxyl groups is 3. The van der Waals surface area contributed by atoms with Crippen molar-refractivity contribution in [2.45, 2.75) is 76.4 Å². The first-order valence-electron chi connectivity index (χ1n) is 9.43. The molecular formula is C18H30N2O8. The van der Waals surface area contributed by atoms with Gasteiger partial charge in [-0.05, 0) is 12.5 Å². The van der Waals surface area contributed by atoms with Gasteiger partial charge in [0, 0.05) is 19.4 Å². The fraction of sp³-hybridized carbons (Fsp3) is 0.722. The summed E-state index contributed by atoms with van der Waals surface area (Å²) in [5.41, 5.74) is 0. The summed E-state index contributed by atoms with van der Waals surface area (Å²) in [5, 5.41) is 44.9. The number of carboxylic acid groups (broad SMARTS) is 1. The zero-order chi connectivity index (χ0) is 21.3. The van der Waals surface area contributed by atoms with Gasteiger partial charge in [0.25, 0.3) is 0 Å². The first-order chi connectivity index (χ1) is 13.2. The topological polar surface area (TPSA) is 165 Å². The van der Waals surface area contributed by atoms with Crippen LogP contribution in [0.2, 0.25) is 0 Å². The van der Waals surface area contributed by atoms with E-state index >= 15 is 0 Å². The number of hydrogen-bond acceptors (Lipinski definition) is 7. The van der Waals surface area contributed by atoms with Crippen LogP contribution in [0.25, 0.3) is 0 Å². The fourth-order valence-electron chi connectivity index (χ4n) is 2.76. The van der Waals surface area contributed by atoms with Gasteiger partial charge in [-0.25, -0.2) is 4.79 Å². The monoisotopic (exact) mass is 402 g/mol.